The van der Waals surface area contributed by atoms with Crippen LogP contribution in [-0.2, 0) is 0 Å². The van der Waals surface area contributed by atoms with E-state index in [2.05, 4.69) is 0 Å². The topological polar surface area (TPSA) is 0 Å². The molecule has 0 nitrogen and oxygen atoms in total. The van der Waals surface area contributed by atoms with Gasteiger partial charge in [0.15, 0.2) is 0 Å². The van der Waals surface area contributed by atoms with Crippen LogP contribution in [0.25, 0.3) is 0 Å². The molecule has 0 aliphatic rings. The number of hydrogen-bond donors (Lipinski definition) is 0. The minimum atomic E-state index is -7.88. The Bertz CT molecular complexity index is 439. The molecular formula is C9H5Cl2F13. The summed E-state index contributed by atoms with van der Waals surface area (Å²) in [5, 5.41) is 0. The van der Waals surface area contributed by atoms with Crippen LogP contribution in [0.4, 0.5) is 57.1 Å². The predicted octanol–water partition coefficient (Wildman–Crippen LogP) is 6.31. The van der Waals surface area contributed by atoms with Crippen LogP contribution in [0.5, 0.6) is 0 Å². The maximum Gasteiger partial charge on any atom is 0.460 e. The van der Waals surface area contributed by atoms with Crippen LogP contribution in [0.1, 0.15) is 12.8 Å². The highest BCUT2D eigenvalue weighted by molar-refractivity contribution is 6.44. The van der Waals surface area contributed by atoms with Gasteiger partial charge in [-0.25, -0.2) is 0 Å². The zero-order valence-electron chi connectivity index (χ0n) is 10.7. The Balaban J connectivity index is 6.01. The quantitative estimate of drug-likeness (QED) is 0.328. The standard InChI is InChI=1S/C9H5Cl2F13/c10-3(11)1-2-4(12,13)5(14,15)6(16,17)7(18,19)8(20,21)9(22,23)24/h3H,1-2H2. The van der Waals surface area contributed by atoms with Crippen LogP contribution < -0.4 is 0 Å². The van der Waals surface area contributed by atoms with E-state index in [4.69, 9.17) is 23.2 Å². The molecule has 0 aliphatic heterocycles. The summed E-state index contributed by atoms with van der Waals surface area (Å²) in [6.45, 7) is 0. The van der Waals surface area contributed by atoms with Crippen molar-refractivity contribution in [1.29, 1.82) is 0 Å². The highest BCUT2D eigenvalue weighted by Gasteiger charge is 2.90. The van der Waals surface area contributed by atoms with Crippen LogP contribution in [0.15, 0.2) is 0 Å². The fourth-order valence-corrected chi connectivity index (χ4v) is 1.47. The SMILES string of the molecule is FC(F)(F)C(F)(F)C(F)(F)C(F)(F)C(F)(F)C(F)(F)CCC(Cl)Cl. The highest BCUT2D eigenvalue weighted by Crippen LogP contribution is 2.60. The van der Waals surface area contributed by atoms with Gasteiger partial charge in [0.25, 0.3) is 0 Å². The van der Waals surface area contributed by atoms with E-state index in [1.54, 1.807) is 0 Å². The normalized spacial score (nSPS) is 16.0. The lowest BCUT2D eigenvalue weighted by Gasteiger charge is -2.39. The fraction of sp³-hybridized carbons (Fsp3) is 1.00. The Morgan fingerprint density at radius 3 is 1.17 bits per heavy atom. The van der Waals surface area contributed by atoms with Gasteiger partial charge >= 0.3 is 35.8 Å². The molecule has 0 spiro atoms. The Kier molecular flexibility index (Phi) is 6.35. The van der Waals surface area contributed by atoms with Gasteiger partial charge in [-0.3, -0.25) is 0 Å². The van der Waals surface area contributed by atoms with Gasteiger partial charge < -0.3 is 0 Å². The number of rotatable bonds is 7. The molecule has 0 unspecified atom stereocenters. The summed E-state index contributed by atoms with van der Waals surface area (Å²) in [5.41, 5.74) is 0. The average molecular weight is 431 g/mol. The maximum atomic E-state index is 13.1. The van der Waals surface area contributed by atoms with Gasteiger partial charge in [-0.15, -0.1) is 23.2 Å². The van der Waals surface area contributed by atoms with Crippen LogP contribution in [-0.4, -0.2) is 40.6 Å². The Morgan fingerprint density at radius 2 is 0.875 bits per heavy atom. The highest BCUT2D eigenvalue weighted by atomic mass is 35.5. The summed E-state index contributed by atoms with van der Waals surface area (Å²) in [6, 6.07) is 0. The Labute approximate surface area is 134 Å². The second-order valence-corrected chi connectivity index (χ2v) is 5.71. The molecule has 0 aromatic rings. The lowest BCUT2D eigenvalue weighted by atomic mass is 9.92. The summed E-state index contributed by atoms with van der Waals surface area (Å²) in [4.78, 5) is -1.85. The number of hydrogen-bond acceptors (Lipinski definition) is 0. The van der Waals surface area contributed by atoms with E-state index in [1.807, 2.05) is 0 Å². The summed E-state index contributed by atoms with van der Waals surface area (Å²) >= 11 is 9.71. The second kappa shape index (κ2) is 6.44. The third-order valence-electron chi connectivity index (χ3n) is 2.67. The van der Waals surface area contributed by atoms with E-state index in [1.165, 1.54) is 0 Å². The van der Waals surface area contributed by atoms with Gasteiger partial charge in [0.05, 0.1) is 0 Å². The molecule has 0 atom stereocenters. The molecule has 15 heteroatoms. The van der Waals surface area contributed by atoms with Crippen molar-refractivity contribution in [3.8, 4) is 0 Å². The average Bonchev–Trinajstić information content (AvgIpc) is 2.34. The van der Waals surface area contributed by atoms with Crippen LogP contribution in [0, 0.1) is 0 Å². The van der Waals surface area contributed by atoms with E-state index in [0.29, 0.717) is 0 Å². The van der Waals surface area contributed by atoms with Gasteiger partial charge in [0.2, 0.25) is 0 Å². The van der Waals surface area contributed by atoms with Crippen LogP contribution in [0.2, 0.25) is 0 Å². The Hall–Kier alpha value is -0.330. The van der Waals surface area contributed by atoms with Crippen molar-refractivity contribution in [2.75, 3.05) is 0 Å². The second-order valence-electron chi connectivity index (χ2n) is 4.43. The van der Waals surface area contributed by atoms with Crippen LogP contribution in [0.3, 0.4) is 0 Å². The van der Waals surface area contributed by atoms with Crippen molar-refractivity contribution in [1.82, 2.24) is 0 Å². The van der Waals surface area contributed by atoms with Gasteiger partial charge in [-0.2, -0.15) is 57.1 Å². The summed E-state index contributed by atoms with van der Waals surface area (Å²) in [7, 11) is 0. The van der Waals surface area contributed by atoms with Gasteiger partial charge in [-0.05, 0) is 6.42 Å². The first kappa shape index (κ1) is 23.7. The molecule has 0 radical (unpaired) electrons. The molecule has 146 valence electrons. The largest absolute Gasteiger partial charge is 0.460 e. The molecule has 0 aromatic carbocycles. The van der Waals surface area contributed by atoms with E-state index in [0.717, 1.165) is 0 Å². The first-order valence-corrected chi connectivity index (χ1v) is 6.28. The third-order valence-corrected chi connectivity index (χ3v) is 3.11. The third kappa shape index (κ3) is 3.61. The van der Waals surface area contributed by atoms with Crippen molar-refractivity contribution >= 4 is 23.2 Å². The molecule has 0 bridgehead atoms. The van der Waals surface area contributed by atoms with Gasteiger partial charge in [0.1, 0.15) is 4.84 Å². The van der Waals surface area contributed by atoms with E-state index >= 15 is 0 Å². The minimum absolute atomic E-state index is 1.37. The molecule has 24 heavy (non-hydrogen) atoms. The molecule has 0 heterocycles. The lowest BCUT2D eigenvalue weighted by Crippen LogP contribution is -2.70. The smallest absolute Gasteiger partial charge is 0.200 e. The first-order chi connectivity index (χ1) is 10.2. The predicted molar refractivity (Wildman–Crippen MR) is 55.5 cm³/mol. The van der Waals surface area contributed by atoms with Crippen LogP contribution >= 0.6 is 23.2 Å². The molecule has 0 rings (SSSR count). The minimum Gasteiger partial charge on any atom is -0.200 e. The zero-order chi connectivity index (χ0) is 20.0. The molecule has 0 fully saturated rings. The van der Waals surface area contributed by atoms with Gasteiger partial charge in [0, 0.05) is 6.42 Å². The number of alkyl halides is 15. The molecule has 0 saturated heterocycles. The molecule has 0 aromatic heterocycles. The molecular weight excluding hydrogens is 426 g/mol. The van der Waals surface area contributed by atoms with Crippen molar-refractivity contribution in [2.45, 2.75) is 53.5 Å². The van der Waals surface area contributed by atoms with Crippen molar-refractivity contribution < 1.29 is 57.1 Å². The summed E-state index contributed by atoms with van der Waals surface area (Å²) in [6.07, 6.45) is -11.2. The monoisotopic (exact) mass is 430 g/mol. The maximum absolute atomic E-state index is 13.1. The van der Waals surface area contributed by atoms with Gasteiger partial charge in [-0.1, -0.05) is 0 Å². The fourth-order valence-electron chi connectivity index (χ4n) is 1.25. The Morgan fingerprint density at radius 1 is 0.542 bits per heavy atom. The number of halogens is 15. The molecule has 0 saturated carbocycles. The summed E-state index contributed by atoms with van der Waals surface area (Å²) in [5.74, 6) is -36.8. The van der Waals surface area contributed by atoms with Crippen molar-refractivity contribution in [3.63, 3.8) is 0 Å². The lowest BCUT2D eigenvalue weighted by molar-refractivity contribution is -0.440. The molecule has 0 aliphatic carbocycles. The van der Waals surface area contributed by atoms with E-state index in [9.17, 15) is 57.1 Å². The van der Waals surface area contributed by atoms with Crippen molar-refractivity contribution in [3.05, 3.63) is 0 Å². The first-order valence-electron chi connectivity index (χ1n) is 5.41. The summed E-state index contributed by atoms with van der Waals surface area (Å²) < 4.78 is 164. The van der Waals surface area contributed by atoms with E-state index in [-0.39, 0.29) is 0 Å². The molecule has 0 amide bonds. The van der Waals surface area contributed by atoms with Crippen molar-refractivity contribution in [2.24, 2.45) is 0 Å². The van der Waals surface area contributed by atoms with E-state index < -0.39 is 53.5 Å². The zero-order valence-corrected chi connectivity index (χ0v) is 12.2. The molecule has 0 N–H and O–H groups in total.